The van der Waals surface area contributed by atoms with Gasteiger partial charge in [-0.25, -0.2) is 9.97 Å². The average molecular weight is 630 g/mol. The van der Waals surface area contributed by atoms with E-state index in [4.69, 9.17) is 31.0 Å². The minimum absolute atomic E-state index is 0.426. The van der Waals surface area contributed by atoms with Crippen molar-refractivity contribution in [2.45, 2.75) is 64.8 Å². The molecule has 7 rings (SSSR count). The lowest BCUT2D eigenvalue weighted by Gasteiger charge is -2.28. The lowest BCUT2D eigenvalue weighted by molar-refractivity contribution is 0.0885. The van der Waals surface area contributed by atoms with Crippen LogP contribution in [0.1, 0.15) is 18.7 Å². The summed E-state index contributed by atoms with van der Waals surface area (Å²) < 4.78 is 16.5. The first kappa shape index (κ1) is 29.4. The summed E-state index contributed by atoms with van der Waals surface area (Å²) in [6, 6.07) is 11.5. The van der Waals surface area contributed by atoms with Gasteiger partial charge in [-0.05, 0) is 69.0 Å². The summed E-state index contributed by atoms with van der Waals surface area (Å²) in [6.45, 7) is 12.4. The molecule has 9 nitrogen and oxygen atoms in total. The Morgan fingerprint density at radius 3 is 2.66 bits per heavy atom. The van der Waals surface area contributed by atoms with Crippen LogP contribution in [0.25, 0.3) is 33.3 Å². The molecule has 1 saturated heterocycles. The zero-order valence-electron chi connectivity index (χ0n) is 26.1. The third-order valence-electron chi connectivity index (χ3n) is 9.29. The van der Waals surface area contributed by atoms with E-state index in [-0.39, 0.29) is 0 Å². The van der Waals surface area contributed by atoms with Crippen molar-refractivity contribution in [3.8, 4) is 22.8 Å². The van der Waals surface area contributed by atoms with E-state index in [9.17, 15) is 0 Å². The molecule has 0 radical (unpaired) electrons. The van der Waals surface area contributed by atoms with E-state index in [1.807, 2.05) is 43.5 Å². The number of fused-ring (bicyclic) bond motifs is 4. The molecule has 11 heteroatoms. The van der Waals surface area contributed by atoms with Crippen LogP contribution in [0.3, 0.4) is 0 Å². The smallest absolute Gasteiger partial charge is 0.148 e. The zero-order valence-corrected chi connectivity index (χ0v) is 27.9. The molecule has 0 N–H and O–H groups in total. The van der Waals surface area contributed by atoms with Crippen LogP contribution < -0.4 is 4.74 Å². The molecule has 44 heavy (non-hydrogen) atoms. The van der Waals surface area contributed by atoms with Gasteiger partial charge in [0.1, 0.15) is 34.6 Å². The van der Waals surface area contributed by atoms with Crippen LogP contribution in [0.15, 0.2) is 48.9 Å². The van der Waals surface area contributed by atoms with Crippen LogP contribution in [0.5, 0.6) is 11.5 Å². The number of halogens is 1. The molecule has 2 aliphatic rings. The van der Waals surface area contributed by atoms with Crippen LogP contribution >= 0.6 is 11.6 Å². The minimum Gasteiger partial charge on any atom is -0.456 e. The highest BCUT2D eigenvalue weighted by molar-refractivity contribution is 6.76. The third kappa shape index (κ3) is 5.88. The number of nitrogens with zero attached hydrogens (tertiary/aromatic N) is 7. The first-order valence-corrected chi connectivity index (χ1v) is 19.6. The molecular formula is C33H40ClN7O2Si. The van der Waals surface area contributed by atoms with Crippen molar-refractivity contribution >= 4 is 41.7 Å². The van der Waals surface area contributed by atoms with E-state index in [0.29, 0.717) is 40.2 Å². The van der Waals surface area contributed by atoms with Gasteiger partial charge in [0.2, 0.25) is 0 Å². The fraction of sp³-hybridized carbons (Fsp3) is 0.455. The maximum Gasteiger partial charge on any atom is 0.148 e. The maximum atomic E-state index is 6.91. The Morgan fingerprint density at radius 2 is 1.89 bits per heavy atom. The van der Waals surface area contributed by atoms with Gasteiger partial charge in [-0.15, -0.1) is 0 Å². The van der Waals surface area contributed by atoms with Crippen molar-refractivity contribution in [2.75, 3.05) is 20.2 Å². The molecule has 0 spiro atoms. The molecule has 5 aromatic rings. The Morgan fingerprint density at radius 1 is 1.05 bits per heavy atom. The highest BCUT2D eigenvalue weighted by atomic mass is 35.5. The molecule has 3 atom stereocenters. The summed E-state index contributed by atoms with van der Waals surface area (Å²) >= 11 is 6.91. The second-order valence-electron chi connectivity index (χ2n) is 13.7. The molecule has 4 heterocycles. The van der Waals surface area contributed by atoms with Gasteiger partial charge in [-0.3, -0.25) is 9.67 Å². The highest BCUT2D eigenvalue weighted by Gasteiger charge is 2.42. The monoisotopic (exact) mass is 629 g/mol. The van der Waals surface area contributed by atoms with Crippen molar-refractivity contribution in [2.24, 2.45) is 11.8 Å². The summed E-state index contributed by atoms with van der Waals surface area (Å²) in [4.78, 5) is 16.8. The second kappa shape index (κ2) is 11.6. The number of hydrogen-bond acceptors (Lipinski definition) is 7. The molecule has 2 aromatic carbocycles. The first-order valence-electron chi connectivity index (χ1n) is 15.5. The van der Waals surface area contributed by atoms with Crippen molar-refractivity contribution in [3.63, 3.8) is 0 Å². The van der Waals surface area contributed by atoms with E-state index < -0.39 is 8.07 Å². The Balaban J connectivity index is 1.09. The predicted octanol–water partition coefficient (Wildman–Crippen LogP) is 7.25. The topological polar surface area (TPSA) is 83.1 Å². The molecule has 1 saturated carbocycles. The number of piperidine rings is 1. The summed E-state index contributed by atoms with van der Waals surface area (Å²) in [5.74, 6) is 3.55. The number of rotatable bonds is 10. The molecule has 3 unspecified atom stereocenters. The largest absolute Gasteiger partial charge is 0.456 e. The number of likely N-dealkylation sites (tertiary alicyclic amines) is 1. The van der Waals surface area contributed by atoms with Crippen molar-refractivity contribution in [3.05, 3.63) is 59.8 Å². The number of benzene rings is 2. The number of aryl methyl sites for hydroxylation is 1. The van der Waals surface area contributed by atoms with Gasteiger partial charge in [0, 0.05) is 51.6 Å². The van der Waals surface area contributed by atoms with Crippen LogP contribution in [-0.2, 0) is 18.0 Å². The Labute approximate surface area is 264 Å². The van der Waals surface area contributed by atoms with Gasteiger partial charge in [0.25, 0.3) is 0 Å². The fourth-order valence-corrected chi connectivity index (χ4v) is 7.69. The van der Waals surface area contributed by atoms with Crippen molar-refractivity contribution in [1.29, 1.82) is 0 Å². The lowest BCUT2D eigenvalue weighted by atomic mass is 9.95. The van der Waals surface area contributed by atoms with Gasteiger partial charge in [0.15, 0.2) is 0 Å². The predicted molar refractivity (Wildman–Crippen MR) is 177 cm³/mol. The normalized spacial score (nSPS) is 20.4. The summed E-state index contributed by atoms with van der Waals surface area (Å²) in [7, 11) is 1.09. The second-order valence-corrected chi connectivity index (χ2v) is 19.7. The quantitative estimate of drug-likeness (QED) is 0.119. The molecule has 1 aliphatic carbocycles. The SMILES string of the molecule is Cc1nc2ccc(Oc3ccc4ncc(-c5cnn(CC6CC7CC6CN7C)c5)nc4c3Cl)cc2n1COCC[Si](C)(C)C. The molecule has 230 valence electrons. The molecule has 0 amide bonds. The first-order chi connectivity index (χ1) is 21.1. The summed E-state index contributed by atoms with van der Waals surface area (Å²) in [5, 5.41) is 5.09. The standard InChI is InChI=1S/C33H40ClN7O2Si/c1-21-37-27-7-6-26(14-30(27)41(21)20-42-10-11-44(3,4)5)43-31-9-8-28-33(32(31)34)38-29(16-35-28)24-15-36-40(19-24)18-23-13-25-12-22(23)17-39(25)2/h6-9,14-16,19,22-23,25H,10-13,17-18,20H2,1-5H3. The van der Waals surface area contributed by atoms with E-state index in [2.05, 4.69) is 57.1 Å². The molecular weight excluding hydrogens is 590 g/mol. The van der Waals surface area contributed by atoms with Gasteiger partial charge in [-0.2, -0.15) is 5.10 Å². The van der Waals surface area contributed by atoms with Crippen LogP contribution in [-0.4, -0.2) is 68.5 Å². The van der Waals surface area contributed by atoms with Gasteiger partial charge in [0.05, 0.1) is 34.6 Å². The number of aromatic nitrogens is 6. The van der Waals surface area contributed by atoms with Gasteiger partial charge in [-0.1, -0.05) is 31.2 Å². The third-order valence-corrected chi connectivity index (χ3v) is 11.4. The van der Waals surface area contributed by atoms with Crippen LogP contribution in [0.4, 0.5) is 0 Å². The van der Waals surface area contributed by atoms with E-state index in [1.54, 1.807) is 6.20 Å². The van der Waals surface area contributed by atoms with Crippen molar-refractivity contribution in [1.82, 2.24) is 34.2 Å². The van der Waals surface area contributed by atoms with E-state index >= 15 is 0 Å². The van der Waals surface area contributed by atoms with E-state index in [0.717, 1.165) is 59.3 Å². The minimum atomic E-state index is -1.15. The van der Waals surface area contributed by atoms with E-state index in [1.165, 1.54) is 19.4 Å². The zero-order chi connectivity index (χ0) is 30.6. The molecule has 3 aromatic heterocycles. The highest BCUT2D eigenvalue weighted by Crippen LogP contribution is 2.42. The van der Waals surface area contributed by atoms with Crippen LogP contribution in [0, 0.1) is 18.8 Å². The summed E-state index contributed by atoms with van der Waals surface area (Å²) in [6.07, 6.45) is 8.31. The Bertz CT molecular complexity index is 1830. The number of imidazole rings is 1. The van der Waals surface area contributed by atoms with Crippen LogP contribution in [0.2, 0.25) is 30.7 Å². The summed E-state index contributed by atoms with van der Waals surface area (Å²) in [5.41, 5.74) is 4.85. The molecule has 2 bridgehead atoms. The molecule has 2 fully saturated rings. The van der Waals surface area contributed by atoms with Gasteiger partial charge >= 0.3 is 0 Å². The number of hydrogen-bond donors (Lipinski definition) is 0. The Kier molecular flexibility index (Phi) is 7.72. The number of ether oxygens (including phenoxy) is 2. The molecule has 1 aliphatic heterocycles. The Hall–Kier alpha value is -3.31. The van der Waals surface area contributed by atoms with Crippen molar-refractivity contribution < 1.29 is 9.47 Å². The van der Waals surface area contributed by atoms with Gasteiger partial charge < -0.3 is 18.9 Å². The maximum absolute atomic E-state index is 6.91. The lowest BCUT2D eigenvalue weighted by Crippen LogP contribution is -2.33. The average Bonchev–Trinajstić information content (AvgIpc) is 3.76. The fourth-order valence-electron chi connectivity index (χ4n) is 6.70.